The van der Waals surface area contributed by atoms with Crippen LogP contribution in [0.25, 0.3) is 98.8 Å². The molecule has 0 spiro atoms. The normalized spacial score (nSPS) is 11.9. The second-order valence-electron chi connectivity index (χ2n) is 14.4. The summed E-state index contributed by atoms with van der Waals surface area (Å²) >= 11 is 0. The second-order valence-corrected chi connectivity index (χ2v) is 14.4. The van der Waals surface area contributed by atoms with Crippen LogP contribution in [0, 0.1) is 0 Å². The third-order valence-corrected chi connectivity index (χ3v) is 11.2. The van der Waals surface area contributed by atoms with Gasteiger partial charge in [-0.1, -0.05) is 121 Å². The lowest BCUT2D eigenvalue weighted by Crippen LogP contribution is -2.10. The number of furan rings is 3. The van der Waals surface area contributed by atoms with Gasteiger partial charge in [-0.25, -0.2) is 0 Å². The van der Waals surface area contributed by atoms with Gasteiger partial charge in [-0.3, -0.25) is 0 Å². The summed E-state index contributed by atoms with van der Waals surface area (Å²) in [7, 11) is 0. The van der Waals surface area contributed by atoms with E-state index >= 15 is 0 Å². The van der Waals surface area contributed by atoms with Gasteiger partial charge in [0, 0.05) is 49.4 Å². The Bertz CT molecular complexity index is 3500. The minimum atomic E-state index is 0.837. The second kappa shape index (κ2) is 12.0. The molecule has 56 heavy (non-hydrogen) atoms. The van der Waals surface area contributed by atoms with Crippen molar-refractivity contribution in [3.05, 3.63) is 188 Å². The summed E-state index contributed by atoms with van der Waals surface area (Å²) in [6, 6.07) is 66.0. The van der Waals surface area contributed by atoms with Gasteiger partial charge < -0.3 is 18.2 Å². The van der Waals surface area contributed by atoms with Crippen molar-refractivity contribution in [3.63, 3.8) is 0 Å². The van der Waals surface area contributed by atoms with Gasteiger partial charge >= 0.3 is 0 Å². The van der Waals surface area contributed by atoms with E-state index in [9.17, 15) is 0 Å². The van der Waals surface area contributed by atoms with Crippen LogP contribution >= 0.6 is 0 Å². The van der Waals surface area contributed by atoms with Gasteiger partial charge in [0.1, 0.15) is 33.5 Å². The summed E-state index contributed by atoms with van der Waals surface area (Å²) in [5, 5.41) is 8.90. The summed E-state index contributed by atoms with van der Waals surface area (Å²) in [5.74, 6) is 0. The number of hydrogen-bond acceptors (Lipinski definition) is 4. The van der Waals surface area contributed by atoms with E-state index in [4.69, 9.17) is 13.3 Å². The van der Waals surface area contributed by atoms with E-state index in [0.717, 1.165) is 105 Å². The fraction of sp³-hybridized carbons (Fsp3) is 0. The van der Waals surface area contributed by atoms with Crippen molar-refractivity contribution in [2.75, 3.05) is 4.90 Å². The Morgan fingerprint density at radius 1 is 0.321 bits per heavy atom. The topological polar surface area (TPSA) is 42.7 Å². The molecule has 262 valence electrons. The molecule has 4 heteroatoms. The summed E-state index contributed by atoms with van der Waals surface area (Å²) in [6.07, 6.45) is 0. The molecule has 0 aliphatic rings. The van der Waals surface area contributed by atoms with Crippen molar-refractivity contribution >= 4 is 93.7 Å². The van der Waals surface area contributed by atoms with Gasteiger partial charge in [0.2, 0.25) is 0 Å². The number of para-hydroxylation sites is 4. The highest BCUT2D eigenvalue weighted by atomic mass is 16.3. The molecule has 0 aliphatic carbocycles. The molecule has 0 amide bonds. The number of anilines is 3. The van der Waals surface area contributed by atoms with Gasteiger partial charge in [-0.05, 0) is 88.6 Å². The smallest absolute Gasteiger partial charge is 0.143 e. The molecule has 0 bridgehead atoms. The molecule has 3 heterocycles. The summed E-state index contributed by atoms with van der Waals surface area (Å²) in [4.78, 5) is 2.34. The number of rotatable bonds is 5. The van der Waals surface area contributed by atoms with Crippen molar-refractivity contribution in [2.45, 2.75) is 0 Å². The van der Waals surface area contributed by atoms with Crippen molar-refractivity contribution in [1.82, 2.24) is 0 Å². The van der Waals surface area contributed by atoms with Crippen LogP contribution in [0.1, 0.15) is 0 Å². The zero-order chi connectivity index (χ0) is 36.7. The first-order valence-corrected chi connectivity index (χ1v) is 18.9. The fourth-order valence-corrected chi connectivity index (χ4v) is 8.65. The van der Waals surface area contributed by atoms with Crippen molar-refractivity contribution in [2.24, 2.45) is 0 Å². The Morgan fingerprint density at radius 3 is 1.86 bits per heavy atom. The largest absolute Gasteiger partial charge is 0.456 e. The van der Waals surface area contributed by atoms with Crippen LogP contribution in [-0.2, 0) is 0 Å². The van der Waals surface area contributed by atoms with Gasteiger partial charge in [-0.2, -0.15) is 0 Å². The van der Waals surface area contributed by atoms with E-state index in [-0.39, 0.29) is 0 Å². The van der Waals surface area contributed by atoms with Crippen LogP contribution in [0.2, 0.25) is 0 Å². The van der Waals surface area contributed by atoms with Crippen LogP contribution in [0.5, 0.6) is 0 Å². The molecule has 3 aromatic heterocycles. The summed E-state index contributed by atoms with van der Waals surface area (Å²) in [5.41, 5.74) is 12.6. The molecule has 0 N–H and O–H groups in total. The van der Waals surface area contributed by atoms with Crippen LogP contribution in [0.3, 0.4) is 0 Å². The van der Waals surface area contributed by atoms with Crippen molar-refractivity contribution in [1.29, 1.82) is 0 Å². The predicted octanol–water partition coefficient (Wildman–Crippen LogP) is 15.3. The Kier molecular flexibility index (Phi) is 6.60. The third kappa shape index (κ3) is 4.66. The van der Waals surface area contributed by atoms with Crippen LogP contribution in [0.15, 0.2) is 201 Å². The van der Waals surface area contributed by atoms with Crippen molar-refractivity contribution in [3.8, 4) is 22.3 Å². The first-order valence-electron chi connectivity index (χ1n) is 18.9. The van der Waals surface area contributed by atoms with E-state index in [2.05, 4.69) is 181 Å². The standard InChI is InChI=1S/C52H31NO3/c1-2-13-36(14-3-1)53(37-26-23-32-11-4-5-12-33(32)29-37)45-20-10-22-48-50(45)43-19-9-17-38(52(43)56-48)34-25-28-47-44(30-34)41-27-24-35(31-49(41)54-47)39-16-8-18-42-40-15-6-7-21-46(40)55-51(39)42/h1-31H. The van der Waals surface area contributed by atoms with E-state index in [1.807, 2.05) is 12.1 Å². The number of nitrogens with zero attached hydrogens (tertiary/aromatic N) is 1. The van der Waals surface area contributed by atoms with Crippen LogP contribution in [0.4, 0.5) is 17.1 Å². The Labute approximate surface area is 321 Å². The maximum Gasteiger partial charge on any atom is 0.143 e. The van der Waals surface area contributed by atoms with Gasteiger partial charge in [0.05, 0.1) is 11.1 Å². The number of fused-ring (bicyclic) bond motifs is 10. The Hall–Kier alpha value is -7.56. The van der Waals surface area contributed by atoms with Gasteiger partial charge in [0.15, 0.2) is 0 Å². The molecule has 9 aromatic carbocycles. The highest BCUT2D eigenvalue weighted by molar-refractivity contribution is 6.17. The monoisotopic (exact) mass is 717 g/mol. The lowest BCUT2D eigenvalue weighted by molar-refractivity contribution is 0.667. The van der Waals surface area contributed by atoms with E-state index in [1.165, 1.54) is 10.8 Å². The van der Waals surface area contributed by atoms with Gasteiger partial charge in [-0.15, -0.1) is 0 Å². The van der Waals surface area contributed by atoms with E-state index in [1.54, 1.807) is 0 Å². The molecule has 12 rings (SSSR count). The maximum absolute atomic E-state index is 6.81. The molecule has 4 nitrogen and oxygen atoms in total. The lowest BCUT2D eigenvalue weighted by atomic mass is 9.98. The molecule has 0 saturated carbocycles. The fourth-order valence-electron chi connectivity index (χ4n) is 8.65. The molecule has 0 radical (unpaired) electrons. The minimum absolute atomic E-state index is 0.837. The van der Waals surface area contributed by atoms with E-state index < -0.39 is 0 Å². The first-order chi connectivity index (χ1) is 27.7. The quantitative estimate of drug-likeness (QED) is 0.178. The third-order valence-electron chi connectivity index (χ3n) is 11.2. The molecule has 0 unspecified atom stereocenters. The Morgan fingerprint density at radius 2 is 0.964 bits per heavy atom. The zero-order valence-corrected chi connectivity index (χ0v) is 30.1. The molecule has 12 aromatic rings. The van der Waals surface area contributed by atoms with Crippen LogP contribution in [-0.4, -0.2) is 0 Å². The number of hydrogen-bond donors (Lipinski definition) is 0. The average molecular weight is 718 g/mol. The lowest BCUT2D eigenvalue weighted by Gasteiger charge is -2.26. The average Bonchev–Trinajstić information content (AvgIpc) is 3.95. The van der Waals surface area contributed by atoms with Gasteiger partial charge in [0.25, 0.3) is 0 Å². The van der Waals surface area contributed by atoms with E-state index in [0.29, 0.717) is 0 Å². The minimum Gasteiger partial charge on any atom is -0.456 e. The van der Waals surface area contributed by atoms with Crippen molar-refractivity contribution < 1.29 is 13.3 Å². The molecule has 0 aliphatic heterocycles. The molecule has 0 fully saturated rings. The predicted molar refractivity (Wildman–Crippen MR) is 231 cm³/mol. The molecule has 0 saturated heterocycles. The first kappa shape index (κ1) is 30.9. The zero-order valence-electron chi connectivity index (χ0n) is 30.1. The summed E-state index contributed by atoms with van der Waals surface area (Å²) < 4.78 is 19.7. The molecule has 0 atom stereocenters. The molecular formula is C52H31NO3. The maximum atomic E-state index is 6.81. The molecular weight excluding hydrogens is 687 g/mol. The highest BCUT2D eigenvalue weighted by Crippen LogP contribution is 2.46. The van der Waals surface area contributed by atoms with Crippen LogP contribution < -0.4 is 4.90 Å². The number of benzene rings is 9. The summed E-state index contributed by atoms with van der Waals surface area (Å²) in [6.45, 7) is 0. The highest BCUT2D eigenvalue weighted by Gasteiger charge is 2.22. The Balaban J connectivity index is 0.995. The SMILES string of the molecule is c1ccc(N(c2ccc3ccccc3c2)c2cccc3oc4c(-c5ccc6oc7cc(-c8cccc9c8oc8ccccc89)ccc7c6c5)cccc4c23)cc1.